The number of carbonyl (C=O) groups excluding carboxylic acids is 2. The van der Waals surface area contributed by atoms with Gasteiger partial charge in [0.2, 0.25) is 5.91 Å². The van der Waals surface area contributed by atoms with E-state index in [2.05, 4.69) is 10.6 Å². The summed E-state index contributed by atoms with van der Waals surface area (Å²) in [5.41, 5.74) is -0.275. The topological polar surface area (TPSA) is 67.4 Å². The number of hydrogen-bond donors (Lipinski definition) is 2. The highest BCUT2D eigenvalue weighted by molar-refractivity contribution is 14.1. The summed E-state index contributed by atoms with van der Waals surface area (Å²) in [5.74, 6) is -0.481. The van der Waals surface area contributed by atoms with Gasteiger partial charge in [-0.25, -0.2) is 0 Å². The molecule has 0 aliphatic rings. The van der Waals surface area contributed by atoms with E-state index in [-0.39, 0.29) is 31.4 Å². The fourth-order valence-corrected chi connectivity index (χ4v) is 2.70. The lowest BCUT2D eigenvalue weighted by Gasteiger charge is -2.10. The minimum Gasteiger partial charge on any atom is -0.492 e. The maximum absolute atomic E-state index is 12.5. The van der Waals surface area contributed by atoms with E-state index in [0.29, 0.717) is 5.56 Å². The standard InChI is InChI=1S/C18H16F3IN2O3/c19-18(20,21)12-5-7-13(8-6-12)27-10-9-23-16(25)11-24-17(26)14-3-1-2-4-15(14)22/h1-8H,9-11H2,(H,23,25)(H,24,26). The molecule has 0 aliphatic heterocycles. The van der Waals surface area contributed by atoms with E-state index in [9.17, 15) is 22.8 Å². The third-order valence-corrected chi connectivity index (χ3v) is 4.34. The van der Waals surface area contributed by atoms with Crippen LogP contribution in [0.15, 0.2) is 48.5 Å². The molecular weight excluding hydrogens is 476 g/mol. The van der Waals surface area contributed by atoms with Crippen molar-refractivity contribution in [1.82, 2.24) is 10.6 Å². The molecule has 2 N–H and O–H groups in total. The van der Waals surface area contributed by atoms with Gasteiger partial charge >= 0.3 is 6.18 Å². The van der Waals surface area contributed by atoms with Gasteiger partial charge in [0.25, 0.3) is 5.91 Å². The van der Waals surface area contributed by atoms with Crippen LogP contribution in [0, 0.1) is 3.57 Å². The van der Waals surface area contributed by atoms with Gasteiger partial charge in [-0.1, -0.05) is 12.1 Å². The molecule has 0 saturated carbocycles. The summed E-state index contributed by atoms with van der Waals surface area (Å²) in [6.07, 6.45) is -4.39. The molecule has 9 heteroatoms. The first kappa shape index (κ1) is 21.0. The number of carbonyl (C=O) groups is 2. The van der Waals surface area contributed by atoms with Gasteiger partial charge in [0.15, 0.2) is 0 Å². The first-order chi connectivity index (χ1) is 12.8. The van der Waals surface area contributed by atoms with Gasteiger partial charge < -0.3 is 15.4 Å². The quantitative estimate of drug-likeness (QED) is 0.461. The molecular formula is C18H16F3IN2O3. The van der Waals surface area contributed by atoms with E-state index in [4.69, 9.17) is 4.74 Å². The highest BCUT2D eigenvalue weighted by Gasteiger charge is 2.29. The average Bonchev–Trinajstić information content (AvgIpc) is 2.63. The lowest BCUT2D eigenvalue weighted by Crippen LogP contribution is -2.38. The van der Waals surface area contributed by atoms with Gasteiger partial charge in [0, 0.05) is 3.57 Å². The Morgan fingerprint density at radius 1 is 1.00 bits per heavy atom. The molecule has 5 nitrogen and oxygen atoms in total. The molecule has 2 amide bonds. The van der Waals surface area contributed by atoms with E-state index in [0.717, 1.165) is 15.7 Å². The Kier molecular flexibility index (Phi) is 7.45. The number of halogens is 4. The summed E-state index contributed by atoms with van der Waals surface area (Å²) in [6, 6.07) is 11.3. The number of rotatable bonds is 7. The van der Waals surface area contributed by atoms with Crippen molar-refractivity contribution in [2.75, 3.05) is 19.7 Å². The summed E-state index contributed by atoms with van der Waals surface area (Å²) in [4.78, 5) is 23.7. The Bertz CT molecular complexity index is 795. The number of amides is 2. The van der Waals surface area contributed by atoms with Crippen LogP contribution in [-0.4, -0.2) is 31.5 Å². The van der Waals surface area contributed by atoms with Crippen LogP contribution in [0.1, 0.15) is 15.9 Å². The van der Waals surface area contributed by atoms with Crippen molar-refractivity contribution in [1.29, 1.82) is 0 Å². The Morgan fingerprint density at radius 3 is 2.30 bits per heavy atom. The van der Waals surface area contributed by atoms with Crippen molar-refractivity contribution in [3.63, 3.8) is 0 Å². The molecule has 0 aromatic heterocycles. The van der Waals surface area contributed by atoms with Crippen LogP contribution >= 0.6 is 22.6 Å². The molecule has 27 heavy (non-hydrogen) atoms. The van der Waals surface area contributed by atoms with E-state index >= 15 is 0 Å². The van der Waals surface area contributed by atoms with Crippen molar-refractivity contribution >= 4 is 34.4 Å². The molecule has 0 fully saturated rings. The number of ether oxygens (including phenoxy) is 1. The van der Waals surface area contributed by atoms with Crippen LogP contribution in [0.4, 0.5) is 13.2 Å². The van der Waals surface area contributed by atoms with Gasteiger partial charge in [0.05, 0.1) is 24.2 Å². The summed E-state index contributed by atoms with van der Waals surface area (Å²) < 4.78 is 43.4. The molecule has 0 spiro atoms. The zero-order chi connectivity index (χ0) is 19.9. The molecule has 0 heterocycles. The molecule has 0 bridgehead atoms. The number of nitrogens with one attached hydrogen (secondary N) is 2. The molecule has 0 radical (unpaired) electrons. The van der Waals surface area contributed by atoms with Gasteiger partial charge in [-0.05, 0) is 59.0 Å². The smallest absolute Gasteiger partial charge is 0.416 e. The number of hydrogen-bond acceptors (Lipinski definition) is 3. The maximum atomic E-state index is 12.5. The fraction of sp³-hybridized carbons (Fsp3) is 0.222. The Balaban J connectivity index is 1.67. The Morgan fingerprint density at radius 2 is 1.67 bits per heavy atom. The third kappa shape index (κ3) is 6.74. The molecule has 0 atom stereocenters. The molecule has 2 rings (SSSR count). The first-order valence-electron chi connectivity index (χ1n) is 7.87. The largest absolute Gasteiger partial charge is 0.492 e. The lowest BCUT2D eigenvalue weighted by molar-refractivity contribution is -0.137. The summed E-state index contributed by atoms with van der Waals surface area (Å²) in [7, 11) is 0. The van der Waals surface area contributed by atoms with E-state index < -0.39 is 17.6 Å². The predicted octanol–water partition coefficient (Wildman–Crippen LogP) is 3.24. The average molecular weight is 492 g/mol. The van der Waals surface area contributed by atoms with E-state index in [1.807, 2.05) is 28.7 Å². The molecule has 2 aromatic carbocycles. The van der Waals surface area contributed by atoms with Crippen LogP contribution in [-0.2, 0) is 11.0 Å². The predicted molar refractivity (Wildman–Crippen MR) is 101 cm³/mol. The summed E-state index contributed by atoms with van der Waals surface area (Å²) >= 11 is 2.03. The van der Waals surface area contributed by atoms with Crippen molar-refractivity contribution in [2.24, 2.45) is 0 Å². The molecule has 144 valence electrons. The van der Waals surface area contributed by atoms with Crippen molar-refractivity contribution < 1.29 is 27.5 Å². The minimum atomic E-state index is -4.39. The van der Waals surface area contributed by atoms with E-state index in [1.54, 1.807) is 18.2 Å². The van der Waals surface area contributed by atoms with Crippen LogP contribution in [0.2, 0.25) is 0 Å². The van der Waals surface area contributed by atoms with Crippen molar-refractivity contribution in [3.05, 3.63) is 63.2 Å². The highest BCUT2D eigenvalue weighted by Crippen LogP contribution is 2.30. The third-order valence-electron chi connectivity index (χ3n) is 3.40. The number of benzene rings is 2. The van der Waals surface area contributed by atoms with Crippen LogP contribution < -0.4 is 15.4 Å². The second-order valence-corrected chi connectivity index (χ2v) is 6.55. The van der Waals surface area contributed by atoms with Crippen molar-refractivity contribution in [2.45, 2.75) is 6.18 Å². The molecule has 0 aliphatic carbocycles. The van der Waals surface area contributed by atoms with Crippen LogP contribution in [0.3, 0.4) is 0 Å². The summed E-state index contributed by atoms with van der Waals surface area (Å²) in [6.45, 7) is 0.0460. The van der Waals surface area contributed by atoms with Crippen LogP contribution in [0.5, 0.6) is 5.75 Å². The fourth-order valence-electron chi connectivity index (χ4n) is 2.06. The van der Waals surface area contributed by atoms with Gasteiger partial charge in [0.1, 0.15) is 12.4 Å². The molecule has 0 unspecified atom stereocenters. The zero-order valence-electron chi connectivity index (χ0n) is 14.0. The SMILES string of the molecule is O=C(CNC(=O)c1ccccc1I)NCCOc1ccc(C(F)(F)F)cc1. The van der Waals surface area contributed by atoms with E-state index in [1.165, 1.54) is 12.1 Å². The Labute approximate surface area is 167 Å². The maximum Gasteiger partial charge on any atom is 0.416 e. The lowest BCUT2D eigenvalue weighted by atomic mass is 10.2. The first-order valence-corrected chi connectivity index (χ1v) is 8.95. The Hall–Kier alpha value is -2.30. The summed E-state index contributed by atoms with van der Waals surface area (Å²) in [5, 5.41) is 5.06. The van der Waals surface area contributed by atoms with Gasteiger partial charge in [-0.2, -0.15) is 13.2 Å². The van der Waals surface area contributed by atoms with Crippen LogP contribution in [0.25, 0.3) is 0 Å². The van der Waals surface area contributed by atoms with Gasteiger partial charge in [-0.3, -0.25) is 9.59 Å². The minimum absolute atomic E-state index is 0.0850. The number of alkyl halides is 3. The monoisotopic (exact) mass is 492 g/mol. The molecule has 0 saturated heterocycles. The second-order valence-electron chi connectivity index (χ2n) is 5.38. The second kappa shape index (κ2) is 9.58. The highest BCUT2D eigenvalue weighted by atomic mass is 127. The van der Waals surface area contributed by atoms with Gasteiger partial charge in [-0.15, -0.1) is 0 Å². The zero-order valence-corrected chi connectivity index (χ0v) is 16.1. The molecule has 2 aromatic rings. The normalized spacial score (nSPS) is 11.0. The van der Waals surface area contributed by atoms with Crippen molar-refractivity contribution in [3.8, 4) is 5.75 Å².